The van der Waals surface area contributed by atoms with E-state index < -0.39 is 16.0 Å². The van der Waals surface area contributed by atoms with Crippen molar-refractivity contribution in [3.05, 3.63) is 29.3 Å². The fourth-order valence-electron chi connectivity index (χ4n) is 2.46. The van der Waals surface area contributed by atoms with E-state index in [4.69, 9.17) is 0 Å². The normalized spacial score (nSPS) is 16.3. The number of hydrogen-bond donors (Lipinski definition) is 1. The Hall–Kier alpha value is -1.40. The Bertz CT molecular complexity index is 604. The number of sulfonamides is 1. The third kappa shape index (κ3) is 3.19. The van der Waals surface area contributed by atoms with E-state index in [-0.39, 0.29) is 16.5 Å². The summed E-state index contributed by atoms with van der Waals surface area (Å²) in [7, 11) is -2.33. The quantitative estimate of drug-likeness (QED) is 0.863. The van der Waals surface area contributed by atoms with Gasteiger partial charge in [-0.2, -0.15) is 0 Å². The molecular weight excluding hydrogens is 278 g/mol. The van der Waals surface area contributed by atoms with Gasteiger partial charge in [0, 0.05) is 6.04 Å². The molecule has 0 radical (unpaired) electrons. The van der Waals surface area contributed by atoms with Crippen molar-refractivity contribution >= 4 is 16.0 Å². The van der Waals surface area contributed by atoms with Gasteiger partial charge < -0.3 is 4.74 Å². The van der Waals surface area contributed by atoms with Gasteiger partial charge in [0.25, 0.3) is 0 Å². The number of hydrogen-bond acceptors (Lipinski definition) is 4. The molecule has 1 N–H and O–H groups in total. The van der Waals surface area contributed by atoms with Crippen LogP contribution in [0.2, 0.25) is 0 Å². The van der Waals surface area contributed by atoms with Crippen molar-refractivity contribution in [1.82, 2.24) is 4.72 Å². The topological polar surface area (TPSA) is 72.5 Å². The van der Waals surface area contributed by atoms with E-state index in [1.807, 2.05) is 0 Å². The van der Waals surface area contributed by atoms with E-state index in [2.05, 4.69) is 9.46 Å². The second-order valence-electron chi connectivity index (χ2n) is 5.07. The number of carbonyl (C=O) groups is 1. The van der Waals surface area contributed by atoms with Crippen molar-refractivity contribution in [3.63, 3.8) is 0 Å². The van der Waals surface area contributed by atoms with Crippen LogP contribution in [0.5, 0.6) is 0 Å². The molecule has 20 heavy (non-hydrogen) atoms. The van der Waals surface area contributed by atoms with Crippen molar-refractivity contribution in [2.75, 3.05) is 7.11 Å². The highest BCUT2D eigenvalue weighted by Gasteiger charge is 2.25. The van der Waals surface area contributed by atoms with Gasteiger partial charge in [-0.1, -0.05) is 18.9 Å². The molecule has 0 amide bonds. The fourth-order valence-corrected chi connectivity index (χ4v) is 4.04. The summed E-state index contributed by atoms with van der Waals surface area (Å²) in [4.78, 5) is 11.7. The lowest BCUT2D eigenvalue weighted by Gasteiger charge is -2.14. The molecule has 0 aliphatic heterocycles. The largest absolute Gasteiger partial charge is 0.465 e. The first-order valence-electron chi connectivity index (χ1n) is 6.65. The molecule has 1 aliphatic rings. The van der Waals surface area contributed by atoms with Crippen LogP contribution in [0.15, 0.2) is 23.1 Å². The number of esters is 1. The van der Waals surface area contributed by atoms with E-state index >= 15 is 0 Å². The summed E-state index contributed by atoms with van der Waals surface area (Å²) in [6.07, 6.45) is 3.84. The molecule has 1 saturated carbocycles. The number of aryl methyl sites for hydroxylation is 1. The van der Waals surface area contributed by atoms with Gasteiger partial charge in [-0.25, -0.2) is 17.9 Å². The Kier molecular flexibility index (Phi) is 4.45. The first-order valence-corrected chi connectivity index (χ1v) is 8.13. The smallest absolute Gasteiger partial charge is 0.337 e. The van der Waals surface area contributed by atoms with Crippen LogP contribution in [-0.2, 0) is 14.8 Å². The fraction of sp³-hybridized carbons (Fsp3) is 0.500. The maximum Gasteiger partial charge on any atom is 0.337 e. The lowest BCUT2D eigenvalue weighted by atomic mass is 10.1. The van der Waals surface area contributed by atoms with Gasteiger partial charge in [0.05, 0.1) is 17.6 Å². The summed E-state index contributed by atoms with van der Waals surface area (Å²) in [6.45, 7) is 1.71. The maximum atomic E-state index is 12.4. The Morgan fingerprint density at radius 1 is 1.30 bits per heavy atom. The predicted octanol–water partition coefficient (Wildman–Crippen LogP) is 2.00. The summed E-state index contributed by atoms with van der Waals surface area (Å²) in [5.74, 6) is -0.540. The molecule has 0 aromatic heterocycles. The zero-order valence-corrected chi connectivity index (χ0v) is 12.5. The molecule has 0 unspecified atom stereocenters. The Labute approximate surface area is 119 Å². The Balaban J connectivity index is 2.32. The summed E-state index contributed by atoms with van der Waals surface area (Å²) in [6, 6.07) is 4.56. The van der Waals surface area contributed by atoms with E-state index in [1.165, 1.54) is 13.2 Å². The molecule has 1 aliphatic carbocycles. The minimum atomic E-state index is -3.60. The average Bonchev–Trinajstić information content (AvgIpc) is 2.90. The van der Waals surface area contributed by atoms with Crippen LogP contribution < -0.4 is 4.72 Å². The zero-order chi connectivity index (χ0) is 14.8. The summed E-state index contributed by atoms with van der Waals surface area (Å²) in [5.41, 5.74) is 0.855. The van der Waals surface area contributed by atoms with Gasteiger partial charge in [0.15, 0.2) is 0 Å². The zero-order valence-electron chi connectivity index (χ0n) is 11.7. The highest BCUT2D eigenvalue weighted by atomic mass is 32.2. The molecule has 1 fully saturated rings. The number of rotatable bonds is 4. The van der Waals surface area contributed by atoms with Crippen molar-refractivity contribution in [3.8, 4) is 0 Å². The molecule has 0 saturated heterocycles. The number of benzene rings is 1. The average molecular weight is 297 g/mol. The van der Waals surface area contributed by atoms with Gasteiger partial charge in [-0.15, -0.1) is 0 Å². The SMILES string of the molecule is COC(=O)c1ccc(C)c(S(=O)(=O)NC2CCCC2)c1. The van der Waals surface area contributed by atoms with Crippen molar-refractivity contribution in [1.29, 1.82) is 0 Å². The van der Waals surface area contributed by atoms with Crippen LogP contribution in [0.1, 0.15) is 41.6 Å². The predicted molar refractivity (Wildman–Crippen MR) is 75.1 cm³/mol. The monoisotopic (exact) mass is 297 g/mol. The number of ether oxygens (including phenoxy) is 1. The molecular formula is C14H19NO4S. The third-order valence-corrected chi connectivity index (χ3v) is 5.24. The number of carbonyl (C=O) groups excluding carboxylic acids is 1. The summed E-state index contributed by atoms with van der Waals surface area (Å²) in [5, 5.41) is 0. The van der Waals surface area contributed by atoms with E-state index in [0.29, 0.717) is 5.56 Å². The molecule has 5 nitrogen and oxygen atoms in total. The first kappa shape index (κ1) is 15.0. The highest BCUT2D eigenvalue weighted by Crippen LogP contribution is 2.22. The standard InChI is InChI=1S/C14H19NO4S/c1-10-7-8-11(14(16)19-2)9-13(10)20(17,18)15-12-5-3-4-6-12/h7-9,12,15H,3-6H2,1-2H3. The summed E-state index contributed by atoms with van der Waals surface area (Å²) >= 11 is 0. The molecule has 1 aromatic rings. The molecule has 0 bridgehead atoms. The van der Waals surface area contributed by atoms with Crippen LogP contribution in [0.4, 0.5) is 0 Å². The van der Waals surface area contributed by atoms with E-state index in [9.17, 15) is 13.2 Å². The van der Waals surface area contributed by atoms with Gasteiger partial charge in [-0.3, -0.25) is 0 Å². The Morgan fingerprint density at radius 2 is 1.95 bits per heavy atom. The van der Waals surface area contributed by atoms with Crippen molar-refractivity contribution < 1.29 is 17.9 Å². The minimum absolute atomic E-state index is 0.00110. The summed E-state index contributed by atoms with van der Waals surface area (Å²) < 4.78 is 32.2. The van der Waals surface area contributed by atoms with Crippen molar-refractivity contribution in [2.45, 2.75) is 43.5 Å². The van der Waals surface area contributed by atoms with Gasteiger partial charge >= 0.3 is 5.97 Å². The second-order valence-corrected chi connectivity index (χ2v) is 6.76. The molecule has 6 heteroatoms. The first-order chi connectivity index (χ1) is 9.44. The maximum absolute atomic E-state index is 12.4. The van der Waals surface area contributed by atoms with Gasteiger partial charge in [0.2, 0.25) is 10.0 Å². The number of methoxy groups -OCH3 is 1. The van der Waals surface area contributed by atoms with Crippen molar-refractivity contribution in [2.24, 2.45) is 0 Å². The minimum Gasteiger partial charge on any atom is -0.465 e. The van der Waals surface area contributed by atoms with Gasteiger partial charge in [0.1, 0.15) is 0 Å². The van der Waals surface area contributed by atoms with E-state index in [0.717, 1.165) is 25.7 Å². The van der Waals surface area contributed by atoms with Crippen LogP contribution >= 0.6 is 0 Å². The molecule has 0 spiro atoms. The molecule has 1 aromatic carbocycles. The molecule has 0 heterocycles. The molecule has 110 valence electrons. The Morgan fingerprint density at radius 3 is 2.55 bits per heavy atom. The third-order valence-electron chi connectivity index (χ3n) is 3.58. The van der Waals surface area contributed by atoms with Crippen LogP contribution in [0.3, 0.4) is 0 Å². The molecule has 0 atom stereocenters. The van der Waals surface area contributed by atoms with Gasteiger partial charge in [-0.05, 0) is 37.5 Å². The van der Waals surface area contributed by atoms with Crippen LogP contribution in [0.25, 0.3) is 0 Å². The lowest BCUT2D eigenvalue weighted by molar-refractivity contribution is 0.0600. The number of nitrogens with one attached hydrogen (secondary N) is 1. The van der Waals surface area contributed by atoms with Crippen LogP contribution in [-0.4, -0.2) is 27.5 Å². The second kappa shape index (κ2) is 5.93. The van der Waals surface area contributed by atoms with E-state index in [1.54, 1.807) is 19.1 Å². The lowest BCUT2D eigenvalue weighted by Crippen LogP contribution is -2.33. The van der Waals surface area contributed by atoms with Crippen LogP contribution in [0, 0.1) is 6.92 Å². The highest BCUT2D eigenvalue weighted by molar-refractivity contribution is 7.89. The molecule has 2 rings (SSSR count).